The van der Waals surface area contributed by atoms with Gasteiger partial charge in [0.25, 0.3) is 0 Å². The van der Waals surface area contributed by atoms with Crippen molar-refractivity contribution in [2.45, 2.75) is 78.1 Å². The van der Waals surface area contributed by atoms with E-state index in [4.69, 9.17) is 4.74 Å². The van der Waals surface area contributed by atoms with E-state index in [9.17, 15) is 0 Å². The Morgan fingerprint density at radius 1 is 0.967 bits per heavy atom. The van der Waals surface area contributed by atoms with Gasteiger partial charge in [-0.3, -0.25) is 0 Å². The molecule has 2 aromatic rings. The minimum absolute atomic E-state index is 0.717. The summed E-state index contributed by atoms with van der Waals surface area (Å²) < 4.78 is 7.92. The summed E-state index contributed by atoms with van der Waals surface area (Å²) in [5, 5.41) is 12.4. The summed E-state index contributed by atoms with van der Waals surface area (Å²) in [4.78, 5) is 3.79. The van der Waals surface area contributed by atoms with Crippen molar-refractivity contribution in [2.75, 3.05) is 0 Å². The standard InChI is InChI=1S/C23H32Br2N4O/c1-3-5-7-9-13-20(17-24)29-23(26-27-28-29)19-12-11-15-21(16-19)30-22(18-25)14-10-8-6-4-2/h11-12,15-18H,3-10,13-14H2,1-2H3/b20-17+,22-18+. The number of hydrogen-bond acceptors (Lipinski definition) is 4. The summed E-state index contributed by atoms with van der Waals surface area (Å²) in [5.41, 5.74) is 1.98. The second kappa shape index (κ2) is 14.5. The summed E-state index contributed by atoms with van der Waals surface area (Å²) in [7, 11) is 0. The van der Waals surface area contributed by atoms with E-state index in [1.165, 1.54) is 38.5 Å². The number of allylic oxidation sites excluding steroid dienone is 2. The van der Waals surface area contributed by atoms with E-state index in [0.717, 1.165) is 48.5 Å². The van der Waals surface area contributed by atoms with Gasteiger partial charge in [0.2, 0.25) is 0 Å². The molecule has 30 heavy (non-hydrogen) atoms. The highest BCUT2D eigenvalue weighted by Crippen LogP contribution is 2.27. The van der Waals surface area contributed by atoms with Crippen LogP contribution >= 0.6 is 31.9 Å². The molecule has 0 amide bonds. The van der Waals surface area contributed by atoms with Crippen molar-refractivity contribution in [3.05, 3.63) is 40.0 Å². The van der Waals surface area contributed by atoms with Crippen LogP contribution in [0.5, 0.6) is 5.75 Å². The molecule has 0 atom stereocenters. The van der Waals surface area contributed by atoms with E-state index < -0.39 is 0 Å². The van der Waals surface area contributed by atoms with Gasteiger partial charge >= 0.3 is 0 Å². The number of benzene rings is 1. The molecule has 0 fully saturated rings. The van der Waals surface area contributed by atoms with E-state index in [2.05, 4.69) is 61.2 Å². The van der Waals surface area contributed by atoms with Crippen molar-refractivity contribution in [2.24, 2.45) is 0 Å². The van der Waals surface area contributed by atoms with Gasteiger partial charge < -0.3 is 4.74 Å². The van der Waals surface area contributed by atoms with Gasteiger partial charge in [0.05, 0.1) is 5.70 Å². The van der Waals surface area contributed by atoms with Gasteiger partial charge in [-0.25, -0.2) is 0 Å². The van der Waals surface area contributed by atoms with Crippen molar-refractivity contribution in [3.63, 3.8) is 0 Å². The Morgan fingerprint density at radius 2 is 1.70 bits per heavy atom. The predicted molar refractivity (Wildman–Crippen MR) is 132 cm³/mol. The van der Waals surface area contributed by atoms with Crippen LogP contribution in [0.4, 0.5) is 0 Å². The first-order valence-corrected chi connectivity index (χ1v) is 12.7. The van der Waals surface area contributed by atoms with Crippen LogP contribution in [0.15, 0.2) is 40.0 Å². The lowest BCUT2D eigenvalue weighted by Gasteiger charge is -2.12. The SMILES string of the molecule is CCCCCC/C(=C\Br)Oc1cccc(-c2nnnn2/C(=C/Br)CCCCCC)c1. The van der Waals surface area contributed by atoms with E-state index in [1.54, 1.807) is 0 Å². The number of tetrazole rings is 1. The maximum atomic E-state index is 6.11. The first-order valence-electron chi connectivity index (χ1n) is 10.9. The smallest absolute Gasteiger partial charge is 0.186 e. The number of aromatic nitrogens is 4. The molecule has 0 aliphatic carbocycles. The molecule has 0 spiro atoms. The normalized spacial score (nSPS) is 12.4. The molecule has 0 aliphatic rings. The first kappa shape index (κ1) is 24.8. The monoisotopic (exact) mass is 538 g/mol. The van der Waals surface area contributed by atoms with Crippen molar-refractivity contribution < 1.29 is 4.74 Å². The fourth-order valence-corrected chi connectivity index (χ4v) is 3.95. The molecule has 2 rings (SSSR count). The lowest BCUT2D eigenvalue weighted by Crippen LogP contribution is -2.02. The summed E-state index contributed by atoms with van der Waals surface area (Å²) in [6.45, 7) is 4.44. The molecule has 7 heteroatoms. The Labute approximate surface area is 197 Å². The molecule has 0 bridgehead atoms. The Morgan fingerprint density at radius 3 is 2.37 bits per heavy atom. The zero-order valence-electron chi connectivity index (χ0n) is 18.0. The van der Waals surface area contributed by atoms with Crippen LogP contribution in [0.2, 0.25) is 0 Å². The average molecular weight is 540 g/mol. The van der Waals surface area contributed by atoms with Gasteiger partial charge in [-0.1, -0.05) is 96.4 Å². The minimum atomic E-state index is 0.717. The van der Waals surface area contributed by atoms with E-state index >= 15 is 0 Å². The quantitative estimate of drug-likeness (QED) is 0.180. The molecule has 1 heterocycles. The third-order valence-corrected chi connectivity index (χ3v) is 5.93. The Hall–Kier alpha value is -1.47. The Balaban J connectivity index is 2.10. The van der Waals surface area contributed by atoms with Crippen molar-refractivity contribution >= 4 is 37.6 Å². The Bertz CT molecular complexity index is 817. The number of rotatable bonds is 14. The van der Waals surface area contributed by atoms with Crippen LogP contribution in [-0.4, -0.2) is 20.2 Å². The van der Waals surface area contributed by atoms with Crippen LogP contribution in [0, 0.1) is 0 Å². The third kappa shape index (κ3) is 7.99. The van der Waals surface area contributed by atoms with E-state index in [-0.39, 0.29) is 0 Å². The molecule has 0 unspecified atom stereocenters. The van der Waals surface area contributed by atoms with E-state index in [0.29, 0.717) is 5.82 Å². The molecule has 1 aromatic heterocycles. The van der Waals surface area contributed by atoms with Crippen LogP contribution in [0.3, 0.4) is 0 Å². The van der Waals surface area contributed by atoms with Gasteiger partial charge in [0.15, 0.2) is 5.82 Å². The van der Waals surface area contributed by atoms with Crippen molar-refractivity contribution in [1.29, 1.82) is 0 Å². The number of halogens is 2. The molecule has 0 aliphatic heterocycles. The highest BCUT2D eigenvalue weighted by atomic mass is 79.9. The number of unbranched alkanes of at least 4 members (excludes halogenated alkanes) is 6. The molecule has 1 aromatic carbocycles. The van der Waals surface area contributed by atoms with Gasteiger partial charge in [0.1, 0.15) is 11.5 Å². The first-order chi connectivity index (χ1) is 14.7. The summed E-state index contributed by atoms with van der Waals surface area (Å²) in [5.74, 6) is 2.43. The highest BCUT2D eigenvalue weighted by molar-refractivity contribution is 9.11. The Kier molecular flexibility index (Phi) is 12.0. The molecule has 5 nitrogen and oxygen atoms in total. The number of nitrogens with zero attached hydrogens (tertiary/aromatic N) is 4. The van der Waals surface area contributed by atoms with Gasteiger partial charge in [-0.15, -0.1) is 5.10 Å². The zero-order valence-corrected chi connectivity index (χ0v) is 21.2. The minimum Gasteiger partial charge on any atom is -0.461 e. The fraction of sp³-hybridized carbons (Fsp3) is 0.522. The molecule has 0 radical (unpaired) electrons. The van der Waals surface area contributed by atoms with Crippen LogP contribution in [-0.2, 0) is 0 Å². The molecule has 0 N–H and O–H groups in total. The molecule has 0 saturated carbocycles. The number of hydrogen-bond donors (Lipinski definition) is 0. The molecular weight excluding hydrogens is 508 g/mol. The molecular formula is C23H32Br2N4O. The largest absolute Gasteiger partial charge is 0.461 e. The second-order valence-electron chi connectivity index (χ2n) is 7.34. The maximum Gasteiger partial charge on any atom is 0.186 e. The summed E-state index contributed by atoms with van der Waals surface area (Å²) >= 11 is 6.93. The highest BCUT2D eigenvalue weighted by Gasteiger charge is 2.14. The summed E-state index contributed by atoms with van der Waals surface area (Å²) in [6.07, 6.45) is 11.5. The predicted octanol–water partition coefficient (Wildman–Crippen LogP) is 8.09. The van der Waals surface area contributed by atoms with Gasteiger partial charge in [0, 0.05) is 22.0 Å². The number of ether oxygens (including phenoxy) is 1. The molecule has 0 saturated heterocycles. The maximum absolute atomic E-state index is 6.11. The second-order valence-corrected chi connectivity index (χ2v) is 8.26. The lowest BCUT2D eigenvalue weighted by atomic mass is 10.1. The topological polar surface area (TPSA) is 52.8 Å². The van der Waals surface area contributed by atoms with Gasteiger partial charge in [-0.05, 0) is 41.8 Å². The van der Waals surface area contributed by atoms with E-state index in [1.807, 2.05) is 38.9 Å². The zero-order chi connectivity index (χ0) is 21.6. The summed E-state index contributed by atoms with van der Waals surface area (Å²) in [6, 6.07) is 7.95. The van der Waals surface area contributed by atoms with Crippen LogP contribution < -0.4 is 4.74 Å². The van der Waals surface area contributed by atoms with Crippen LogP contribution in [0.25, 0.3) is 17.1 Å². The van der Waals surface area contributed by atoms with Crippen LogP contribution in [0.1, 0.15) is 78.1 Å². The van der Waals surface area contributed by atoms with Crippen molar-refractivity contribution in [1.82, 2.24) is 20.2 Å². The fourth-order valence-electron chi connectivity index (χ4n) is 3.20. The molecule has 164 valence electrons. The third-order valence-electron chi connectivity index (χ3n) is 4.89. The van der Waals surface area contributed by atoms with Crippen molar-refractivity contribution in [3.8, 4) is 17.1 Å². The average Bonchev–Trinajstić information content (AvgIpc) is 3.26. The van der Waals surface area contributed by atoms with Gasteiger partial charge in [-0.2, -0.15) is 4.68 Å². The lowest BCUT2D eigenvalue weighted by molar-refractivity contribution is 0.397.